The summed E-state index contributed by atoms with van der Waals surface area (Å²) in [5.74, 6) is -4.27. The number of piperidine rings is 1. The van der Waals surface area contributed by atoms with E-state index in [2.05, 4.69) is 5.32 Å². The fraction of sp³-hybridized carbons (Fsp3) is 0.533. The number of rotatable bonds is 4. The molecule has 1 unspecified atom stereocenters. The van der Waals surface area contributed by atoms with E-state index in [1.54, 1.807) is 6.07 Å². The summed E-state index contributed by atoms with van der Waals surface area (Å²) in [7, 11) is 1.83. The standard InChI is InChI=1S/C15H20F2N2O/c1-18-10-12-6-5-9-19(11-12)14(20)15(16,17)13-7-3-2-4-8-13/h2-4,7-8,12,18H,5-6,9-11H2,1H3. The maximum atomic E-state index is 14.2. The third kappa shape index (κ3) is 3.15. The number of nitrogens with zero attached hydrogens (tertiary/aromatic N) is 1. The number of nitrogens with one attached hydrogen (secondary N) is 1. The number of halogens is 2. The van der Waals surface area contributed by atoms with Crippen LogP contribution in [-0.2, 0) is 10.7 Å². The zero-order chi connectivity index (χ0) is 14.6. The van der Waals surface area contributed by atoms with Crippen molar-refractivity contribution < 1.29 is 13.6 Å². The van der Waals surface area contributed by atoms with Crippen molar-refractivity contribution in [1.82, 2.24) is 10.2 Å². The summed E-state index contributed by atoms with van der Waals surface area (Å²) in [6.45, 7) is 1.57. The van der Waals surface area contributed by atoms with E-state index in [0.717, 1.165) is 19.4 Å². The van der Waals surface area contributed by atoms with Crippen LogP contribution in [0, 0.1) is 5.92 Å². The minimum absolute atomic E-state index is 0.235. The molecule has 20 heavy (non-hydrogen) atoms. The first-order valence-electron chi connectivity index (χ1n) is 6.93. The van der Waals surface area contributed by atoms with E-state index >= 15 is 0 Å². The molecule has 1 heterocycles. The molecule has 110 valence electrons. The highest BCUT2D eigenvalue weighted by Crippen LogP contribution is 2.31. The second-order valence-corrected chi connectivity index (χ2v) is 5.26. The van der Waals surface area contributed by atoms with E-state index in [1.165, 1.54) is 29.2 Å². The van der Waals surface area contributed by atoms with Crippen LogP contribution in [0.1, 0.15) is 18.4 Å². The molecular weight excluding hydrogens is 262 g/mol. The lowest BCUT2D eigenvalue weighted by molar-refractivity contribution is -0.160. The van der Waals surface area contributed by atoms with Gasteiger partial charge in [0.25, 0.3) is 5.91 Å². The highest BCUT2D eigenvalue weighted by Gasteiger charge is 2.44. The van der Waals surface area contributed by atoms with Crippen LogP contribution in [0.4, 0.5) is 8.78 Å². The molecule has 0 aromatic heterocycles. The summed E-state index contributed by atoms with van der Waals surface area (Å²) in [6, 6.07) is 7.31. The monoisotopic (exact) mass is 282 g/mol. The van der Waals surface area contributed by atoms with Crippen LogP contribution >= 0.6 is 0 Å². The molecular formula is C15H20F2N2O. The van der Waals surface area contributed by atoms with Crippen LogP contribution < -0.4 is 5.32 Å². The predicted molar refractivity (Wildman–Crippen MR) is 73.6 cm³/mol. The van der Waals surface area contributed by atoms with Crippen molar-refractivity contribution in [2.75, 3.05) is 26.7 Å². The summed E-state index contributed by atoms with van der Waals surface area (Å²) < 4.78 is 28.5. The van der Waals surface area contributed by atoms with Gasteiger partial charge in [-0.3, -0.25) is 4.79 Å². The molecule has 1 aromatic carbocycles. The average Bonchev–Trinajstić information content (AvgIpc) is 2.48. The van der Waals surface area contributed by atoms with Crippen molar-refractivity contribution in [2.24, 2.45) is 5.92 Å². The normalized spacial score (nSPS) is 19.9. The van der Waals surface area contributed by atoms with E-state index in [-0.39, 0.29) is 11.5 Å². The molecule has 0 bridgehead atoms. The van der Waals surface area contributed by atoms with Crippen molar-refractivity contribution in [3.63, 3.8) is 0 Å². The van der Waals surface area contributed by atoms with Gasteiger partial charge >= 0.3 is 5.92 Å². The molecule has 0 aliphatic carbocycles. The van der Waals surface area contributed by atoms with Gasteiger partial charge in [-0.05, 0) is 32.4 Å². The largest absolute Gasteiger partial charge is 0.349 e. The lowest BCUT2D eigenvalue weighted by Crippen LogP contribution is -2.48. The Morgan fingerprint density at radius 1 is 1.40 bits per heavy atom. The molecule has 0 radical (unpaired) electrons. The second kappa shape index (κ2) is 6.31. The fourth-order valence-electron chi connectivity index (χ4n) is 2.67. The van der Waals surface area contributed by atoms with E-state index in [9.17, 15) is 13.6 Å². The van der Waals surface area contributed by atoms with Crippen molar-refractivity contribution in [3.8, 4) is 0 Å². The summed E-state index contributed by atoms with van der Waals surface area (Å²) in [6.07, 6.45) is 1.75. The molecule has 1 aliphatic rings. The smallest absolute Gasteiger partial charge is 0.337 e. The second-order valence-electron chi connectivity index (χ2n) is 5.26. The van der Waals surface area contributed by atoms with Gasteiger partial charge in [-0.25, -0.2) is 0 Å². The molecule has 1 amide bonds. The van der Waals surface area contributed by atoms with Gasteiger partial charge in [-0.15, -0.1) is 0 Å². The first kappa shape index (κ1) is 14.9. The topological polar surface area (TPSA) is 32.3 Å². The van der Waals surface area contributed by atoms with Crippen molar-refractivity contribution >= 4 is 5.91 Å². The van der Waals surface area contributed by atoms with Gasteiger partial charge in [0.15, 0.2) is 0 Å². The van der Waals surface area contributed by atoms with Gasteiger partial charge < -0.3 is 10.2 Å². The minimum atomic E-state index is -3.44. The molecule has 0 spiro atoms. The average molecular weight is 282 g/mol. The summed E-state index contributed by atoms with van der Waals surface area (Å²) in [5, 5.41) is 3.04. The quantitative estimate of drug-likeness (QED) is 0.918. The molecule has 5 heteroatoms. The Morgan fingerprint density at radius 3 is 2.75 bits per heavy atom. The van der Waals surface area contributed by atoms with Gasteiger partial charge in [-0.2, -0.15) is 8.78 Å². The lowest BCUT2D eigenvalue weighted by Gasteiger charge is -2.34. The number of carbonyl (C=O) groups excluding carboxylic acids is 1. The molecule has 1 aliphatic heterocycles. The van der Waals surface area contributed by atoms with Crippen LogP contribution in [0.25, 0.3) is 0 Å². The van der Waals surface area contributed by atoms with Crippen LogP contribution in [0.5, 0.6) is 0 Å². The Labute approximate surface area is 118 Å². The molecule has 1 N–H and O–H groups in total. The van der Waals surface area contributed by atoms with Crippen molar-refractivity contribution in [3.05, 3.63) is 35.9 Å². The third-order valence-electron chi connectivity index (χ3n) is 3.70. The Kier molecular flexibility index (Phi) is 4.70. The summed E-state index contributed by atoms with van der Waals surface area (Å²) >= 11 is 0. The number of benzene rings is 1. The Morgan fingerprint density at radius 2 is 2.10 bits per heavy atom. The first-order chi connectivity index (χ1) is 9.55. The number of likely N-dealkylation sites (tertiary alicyclic amines) is 1. The first-order valence-corrected chi connectivity index (χ1v) is 6.93. The zero-order valence-electron chi connectivity index (χ0n) is 11.6. The molecule has 1 saturated heterocycles. The predicted octanol–water partition coefficient (Wildman–Crippen LogP) is 2.24. The molecule has 3 nitrogen and oxygen atoms in total. The number of alkyl halides is 2. The molecule has 1 atom stereocenters. The van der Waals surface area contributed by atoms with Crippen molar-refractivity contribution in [2.45, 2.75) is 18.8 Å². The molecule has 2 rings (SSSR count). The molecule has 0 saturated carbocycles. The highest BCUT2D eigenvalue weighted by atomic mass is 19.3. The number of hydrogen-bond donors (Lipinski definition) is 1. The Balaban J connectivity index is 2.10. The SMILES string of the molecule is CNCC1CCCN(C(=O)C(F)(F)c2ccccc2)C1. The van der Waals surface area contributed by atoms with E-state index in [1.807, 2.05) is 7.05 Å². The molecule has 1 aromatic rings. The molecule has 1 fully saturated rings. The van der Waals surface area contributed by atoms with Gasteiger partial charge in [-0.1, -0.05) is 30.3 Å². The van der Waals surface area contributed by atoms with Crippen LogP contribution in [0.2, 0.25) is 0 Å². The third-order valence-corrected chi connectivity index (χ3v) is 3.70. The number of hydrogen-bond acceptors (Lipinski definition) is 2. The number of amides is 1. The van der Waals surface area contributed by atoms with Gasteiger partial charge in [0.05, 0.1) is 0 Å². The fourth-order valence-corrected chi connectivity index (χ4v) is 2.67. The summed E-state index contributed by atoms with van der Waals surface area (Å²) in [5.41, 5.74) is -0.235. The highest BCUT2D eigenvalue weighted by molar-refractivity contribution is 5.85. The number of carbonyl (C=O) groups is 1. The lowest BCUT2D eigenvalue weighted by atomic mass is 9.96. The van der Waals surface area contributed by atoms with Crippen LogP contribution in [0.15, 0.2) is 30.3 Å². The zero-order valence-corrected chi connectivity index (χ0v) is 11.6. The van der Waals surface area contributed by atoms with Gasteiger partial charge in [0.1, 0.15) is 0 Å². The maximum Gasteiger partial charge on any atom is 0.349 e. The van der Waals surface area contributed by atoms with Crippen LogP contribution in [0.3, 0.4) is 0 Å². The van der Waals surface area contributed by atoms with Gasteiger partial charge in [0, 0.05) is 18.7 Å². The maximum absolute atomic E-state index is 14.2. The van der Waals surface area contributed by atoms with E-state index in [0.29, 0.717) is 13.1 Å². The van der Waals surface area contributed by atoms with E-state index < -0.39 is 11.8 Å². The Hall–Kier alpha value is -1.49. The Bertz CT molecular complexity index is 448. The van der Waals surface area contributed by atoms with Crippen LogP contribution in [-0.4, -0.2) is 37.5 Å². The summed E-state index contributed by atoms with van der Waals surface area (Å²) in [4.78, 5) is 13.4. The van der Waals surface area contributed by atoms with Crippen molar-refractivity contribution in [1.29, 1.82) is 0 Å². The van der Waals surface area contributed by atoms with Gasteiger partial charge in [0.2, 0.25) is 0 Å². The van der Waals surface area contributed by atoms with E-state index in [4.69, 9.17) is 0 Å². The minimum Gasteiger partial charge on any atom is -0.337 e.